The van der Waals surface area contributed by atoms with Crippen molar-refractivity contribution < 1.29 is 13.9 Å². The summed E-state index contributed by atoms with van der Waals surface area (Å²) in [5, 5.41) is 0. The van der Waals surface area contributed by atoms with Crippen LogP contribution in [0.15, 0.2) is 70.3 Å². The molecule has 3 N–H and O–H groups in total. The monoisotopic (exact) mass is 438 g/mol. The summed E-state index contributed by atoms with van der Waals surface area (Å²) < 4.78 is 19.6. The normalized spacial score (nSPS) is 11.1. The largest absolute Gasteiger partial charge is 0.383 e. The van der Waals surface area contributed by atoms with E-state index in [1.165, 1.54) is 42.4 Å². The number of carbonyl (C=O) groups is 1. The van der Waals surface area contributed by atoms with E-state index in [1.807, 2.05) is 6.07 Å². The van der Waals surface area contributed by atoms with Crippen molar-refractivity contribution in [2.24, 2.45) is 0 Å². The molecule has 2 aromatic carbocycles. The molecule has 3 rings (SSSR count). The lowest BCUT2D eigenvalue weighted by Crippen LogP contribution is -2.40. The highest BCUT2D eigenvalue weighted by Gasteiger charge is 2.23. The van der Waals surface area contributed by atoms with Gasteiger partial charge in [0, 0.05) is 13.2 Å². The summed E-state index contributed by atoms with van der Waals surface area (Å²) in [7, 11) is 1.47. The molecule has 32 heavy (non-hydrogen) atoms. The third kappa shape index (κ3) is 5.38. The third-order valence-electron chi connectivity index (χ3n) is 4.72. The van der Waals surface area contributed by atoms with E-state index >= 15 is 0 Å². The molecule has 3 aromatic rings. The van der Waals surface area contributed by atoms with Gasteiger partial charge in [-0.25, -0.2) is 9.18 Å². The lowest BCUT2D eigenvalue weighted by molar-refractivity contribution is -0.114. The van der Waals surface area contributed by atoms with E-state index in [4.69, 9.17) is 10.5 Å². The van der Waals surface area contributed by atoms with Crippen molar-refractivity contribution in [1.29, 1.82) is 0 Å². The maximum atomic E-state index is 13.5. The highest BCUT2D eigenvalue weighted by Crippen LogP contribution is 2.20. The minimum Gasteiger partial charge on any atom is -0.383 e. The van der Waals surface area contributed by atoms with Crippen LogP contribution in [-0.2, 0) is 22.6 Å². The summed E-state index contributed by atoms with van der Waals surface area (Å²) in [5.41, 5.74) is 5.75. The molecule has 0 fully saturated rings. The fourth-order valence-corrected chi connectivity index (χ4v) is 3.14. The Kier molecular flexibility index (Phi) is 7.35. The molecule has 0 bridgehead atoms. The fraction of sp³-hybridized carbons (Fsp3) is 0.174. The molecule has 0 saturated carbocycles. The summed E-state index contributed by atoms with van der Waals surface area (Å²) >= 11 is 0. The highest BCUT2D eigenvalue weighted by atomic mass is 19.1. The average Bonchev–Trinajstić information content (AvgIpc) is 2.77. The first-order chi connectivity index (χ1) is 15.4. The van der Waals surface area contributed by atoms with E-state index in [0.29, 0.717) is 5.56 Å². The van der Waals surface area contributed by atoms with Crippen LogP contribution in [0.2, 0.25) is 0 Å². The van der Waals surface area contributed by atoms with Crippen molar-refractivity contribution in [2.45, 2.75) is 13.1 Å². The van der Waals surface area contributed by atoms with Gasteiger partial charge in [-0.2, -0.15) is 0 Å². The first-order valence-electron chi connectivity index (χ1n) is 9.81. The number of amides is 1. The van der Waals surface area contributed by atoms with Crippen LogP contribution in [0.25, 0.3) is 6.08 Å². The van der Waals surface area contributed by atoms with Crippen LogP contribution in [0.1, 0.15) is 11.1 Å². The number of H-pyrrole nitrogens is 1. The number of halogens is 1. The third-order valence-corrected chi connectivity index (χ3v) is 4.72. The Morgan fingerprint density at radius 2 is 1.94 bits per heavy atom. The van der Waals surface area contributed by atoms with Crippen LogP contribution in [-0.4, -0.2) is 29.2 Å². The molecular formula is C23H23FN4O4. The molecule has 0 aliphatic rings. The van der Waals surface area contributed by atoms with Crippen molar-refractivity contribution in [3.05, 3.63) is 98.5 Å². The highest BCUT2D eigenvalue weighted by molar-refractivity contribution is 6.05. The molecule has 166 valence electrons. The number of nitrogens with zero attached hydrogens (tertiary/aromatic N) is 2. The molecule has 0 unspecified atom stereocenters. The van der Waals surface area contributed by atoms with Crippen LogP contribution in [0.5, 0.6) is 0 Å². The number of ether oxygens (including phenoxy) is 1. The average molecular weight is 438 g/mol. The molecule has 0 saturated heterocycles. The van der Waals surface area contributed by atoms with Crippen LogP contribution >= 0.6 is 0 Å². The van der Waals surface area contributed by atoms with E-state index in [0.717, 1.165) is 10.1 Å². The molecule has 1 amide bonds. The number of rotatable bonds is 8. The number of aromatic nitrogens is 2. The van der Waals surface area contributed by atoms with Gasteiger partial charge >= 0.3 is 5.69 Å². The van der Waals surface area contributed by atoms with Crippen molar-refractivity contribution >= 4 is 23.5 Å². The SMILES string of the molecule is COCCn1c(N)c(N(Cc2ccccc2)C(=O)/C=C/c2cccc(F)c2)c(=O)[nH]c1=O. The molecule has 0 atom stereocenters. The van der Waals surface area contributed by atoms with Crippen molar-refractivity contribution in [3.8, 4) is 0 Å². The Balaban J connectivity index is 2.06. The number of methoxy groups -OCH3 is 1. The second-order valence-electron chi connectivity index (χ2n) is 6.94. The maximum Gasteiger partial charge on any atom is 0.330 e. The van der Waals surface area contributed by atoms with Crippen molar-refractivity contribution in [1.82, 2.24) is 9.55 Å². The molecule has 8 nitrogen and oxygen atoms in total. The van der Waals surface area contributed by atoms with Gasteiger partial charge in [0.25, 0.3) is 11.5 Å². The zero-order valence-corrected chi connectivity index (χ0v) is 17.5. The van der Waals surface area contributed by atoms with Crippen molar-refractivity contribution in [3.63, 3.8) is 0 Å². The van der Waals surface area contributed by atoms with Crippen molar-refractivity contribution in [2.75, 3.05) is 24.4 Å². The number of hydrogen-bond acceptors (Lipinski definition) is 5. The summed E-state index contributed by atoms with van der Waals surface area (Å²) in [6.07, 6.45) is 2.66. The Labute approximate surface area is 183 Å². The Hall–Kier alpha value is -3.98. The van der Waals surface area contributed by atoms with Gasteiger partial charge in [0.05, 0.1) is 19.7 Å². The number of anilines is 2. The fourth-order valence-electron chi connectivity index (χ4n) is 3.14. The molecule has 0 spiro atoms. The van der Waals surface area contributed by atoms with Gasteiger partial charge in [-0.3, -0.25) is 24.0 Å². The number of carbonyl (C=O) groups excluding carboxylic acids is 1. The zero-order chi connectivity index (χ0) is 23.1. The summed E-state index contributed by atoms with van der Waals surface area (Å²) in [6.45, 7) is 0.308. The topological polar surface area (TPSA) is 110 Å². The van der Waals surface area contributed by atoms with E-state index in [1.54, 1.807) is 30.3 Å². The Morgan fingerprint density at radius 1 is 1.19 bits per heavy atom. The Bertz CT molecular complexity index is 1230. The number of benzene rings is 2. The number of nitrogens with one attached hydrogen (secondary N) is 1. The summed E-state index contributed by atoms with van der Waals surface area (Å²) in [4.78, 5) is 41.5. The van der Waals surface area contributed by atoms with Gasteiger partial charge in [-0.05, 0) is 29.3 Å². The lowest BCUT2D eigenvalue weighted by Gasteiger charge is -2.23. The molecule has 1 heterocycles. The smallest absolute Gasteiger partial charge is 0.330 e. The molecule has 0 aliphatic carbocycles. The first-order valence-corrected chi connectivity index (χ1v) is 9.81. The minimum atomic E-state index is -0.787. The number of nitrogens with two attached hydrogens (primary N) is 1. The molecule has 0 aliphatic heterocycles. The predicted molar refractivity (Wildman–Crippen MR) is 121 cm³/mol. The Morgan fingerprint density at radius 3 is 2.62 bits per heavy atom. The number of nitrogen functional groups attached to an aromatic ring is 1. The standard InChI is InChI=1S/C23H23FN4O4/c1-32-13-12-27-21(25)20(22(30)26-23(27)31)28(15-17-6-3-2-4-7-17)19(29)11-10-16-8-5-9-18(24)14-16/h2-11,14H,12-13,15,25H2,1H3,(H,26,30,31)/b11-10+. The number of hydrogen-bond donors (Lipinski definition) is 2. The van der Waals surface area contributed by atoms with Crippen LogP contribution in [0.4, 0.5) is 15.9 Å². The second-order valence-corrected chi connectivity index (χ2v) is 6.94. The van der Waals surface area contributed by atoms with E-state index in [-0.39, 0.29) is 31.2 Å². The first kappa shape index (κ1) is 22.7. The predicted octanol–water partition coefficient (Wildman–Crippen LogP) is 2.15. The molecule has 9 heteroatoms. The maximum absolute atomic E-state index is 13.5. The van der Waals surface area contributed by atoms with E-state index in [2.05, 4.69) is 4.98 Å². The van der Waals surface area contributed by atoms with Crippen LogP contribution < -0.4 is 21.9 Å². The summed E-state index contributed by atoms with van der Waals surface area (Å²) in [5.74, 6) is -1.15. The summed E-state index contributed by atoms with van der Waals surface area (Å²) in [6, 6.07) is 14.7. The van der Waals surface area contributed by atoms with E-state index < -0.39 is 23.0 Å². The van der Waals surface area contributed by atoms with Gasteiger partial charge in [0.15, 0.2) is 5.69 Å². The van der Waals surface area contributed by atoms with Gasteiger partial charge in [-0.1, -0.05) is 42.5 Å². The van der Waals surface area contributed by atoms with Crippen LogP contribution in [0, 0.1) is 5.82 Å². The van der Waals surface area contributed by atoms with Crippen LogP contribution in [0.3, 0.4) is 0 Å². The molecule has 1 aromatic heterocycles. The molecule has 0 radical (unpaired) electrons. The van der Waals surface area contributed by atoms with Gasteiger partial charge in [0.1, 0.15) is 11.6 Å². The van der Waals surface area contributed by atoms with Gasteiger partial charge in [0.2, 0.25) is 0 Å². The number of aromatic amines is 1. The quantitative estimate of drug-likeness (QED) is 0.524. The zero-order valence-electron chi connectivity index (χ0n) is 17.5. The van der Waals surface area contributed by atoms with E-state index in [9.17, 15) is 18.8 Å². The lowest BCUT2D eigenvalue weighted by atomic mass is 10.1. The minimum absolute atomic E-state index is 0.0307. The second kappa shape index (κ2) is 10.4. The van der Waals surface area contributed by atoms with Gasteiger partial charge in [-0.15, -0.1) is 0 Å². The molecular weight excluding hydrogens is 415 g/mol. The van der Waals surface area contributed by atoms with Gasteiger partial charge < -0.3 is 10.5 Å².